The van der Waals surface area contributed by atoms with Gasteiger partial charge in [-0.3, -0.25) is 14.4 Å². The van der Waals surface area contributed by atoms with Crippen LogP contribution in [-0.4, -0.2) is 78.1 Å². The third-order valence-corrected chi connectivity index (χ3v) is 9.04. The quantitative estimate of drug-likeness (QED) is 0.362. The predicted molar refractivity (Wildman–Crippen MR) is 152 cm³/mol. The summed E-state index contributed by atoms with van der Waals surface area (Å²) >= 11 is 0. The van der Waals surface area contributed by atoms with E-state index in [9.17, 15) is 41.5 Å². The van der Waals surface area contributed by atoms with Gasteiger partial charge in [-0.05, 0) is 58.6 Å². The molecule has 4 rings (SSSR count). The topological polar surface area (TPSA) is 171 Å². The zero-order chi connectivity index (χ0) is 32.4. The number of hydrogen-bond acceptors (Lipinski definition) is 8. The highest BCUT2D eigenvalue weighted by Gasteiger charge is 2.61. The van der Waals surface area contributed by atoms with Gasteiger partial charge in [0.05, 0.1) is 11.0 Å². The van der Waals surface area contributed by atoms with E-state index in [-0.39, 0.29) is 25.8 Å². The molecule has 0 spiro atoms. The Morgan fingerprint density at radius 3 is 2.45 bits per heavy atom. The lowest BCUT2D eigenvalue weighted by Gasteiger charge is -2.30. The number of rotatable bonds is 4. The van der Waals surface area contributed by atoms with Gasteiger partial charge >= 0.3 is 6.09 Å². The van der Waals surface area contributed by atoms with E-state index < -0.39 is 85.6 Å². The zero-order valence-electron chi connectivity index (χ0n) is 24.8. The van der Waals surface area contributed by atoms with Crippen molar-refractivity contribution in [2.24, 2.45) is 5.92 Å². The molecule has 2 aliphatic heterocycles. The Balaban J connectivity index is 1.60. The standard InChI is InChI=1S/C29H38F2N4O8S/c1-28(2,3)43-27(40)32-22-10-8-6-4-5-7-9-17-15-29(17,33-24(37)23-14-20(36)16-35(23)25(22)38)26(39)34-44(41,42)21-12-18(30)11-19(31)13-21/h7,9,11-13,17,20,22-23,36H,4-6,8,10,14-16H2,1-3H3,(H,32,40)(H,33,37)(H,34,39)/b9-7-/t17-,20-,22+,23+,29-/m1/s1. The minimum absolute atomic E-state index is 0.0279. The number of carbonyl (C=O) groups excluding carboxylic acids is 4. The number of aliphatic hydroxyl groups excluding tert-OH is 1. The molecule has 2 heterocycles. The Hall–Kier alpha value is -3.59. The second-order valence-electron chi connectivity index (χ2n) is 12.5. The first-order valence-electron chi connectivity index (χ1n) is 14.5. The van der Waals surface area contributed by atoms with E-state index in [0.717, 1.165) is 4.90 Å². The fourth-order valence-electron chi connectivity index (χ4n) is 5.50. The first-order valence-corrected chi connectivity index (χ1v) is 16.0. The van der Waals surface area contributed by atoms with E-state index in [1.807, 2.05) is 10.8 Å². The number of nitrogens with zero attached hydrogens (tertiary/aromatic N) is 1. The number of nitrogens with one attached hydrogen (secondary N) is 3. The molecule has 1 aromatic carbocycles. The predicted octanol–water partition coefficient (Wildman–Crippen LogP) is 2.02. The van der Waals surface area contributed by atoms with Crippen molar-refractivity contribution >= 4 is 33.8 Å². The summed E-state index contributed by atoms with van der Waals surface area (Å²) in [6.07, 6.45) is 4.35. The van der Waals surface area contributed by atoms with Crippen molar-refractivity contribution in [3.05, 3.63) is 42.0 Å². The van der Waals surface area contributed by atoms with E-state index >= 15 is 0 Å². The van der Waals surface area contributed by atoms with Crippen molar-refractivity contribution in [3.63, 3.8) is 0 Å². The van der Waals surface area contributed by atoms with Crippen LogP contribution < -0.4 is 15.4 Å². The normalized spacial score (nSPS) is 28.8. The van der Waals surface area contributed by atoms with Gasteiger partial charge in [0.15, 0.2) is 0 Å². The van der Waals surface area contributed by atoms with E-state index in [0.29, 0.717) is 43.9 Å². The average molecular weight is 641 g/mol. The number of hydrogen-bond donors (Lipinski definition) is 4. The van der Waals surface area contributed by atoms with Crippen molar-refractivity contribution in [1.29, 1.82) is 0 Å². The molecular formula is C29H38F2N4O8S. The molecule has 5 atom stereocenters. The summed E-state index contributed by atoms with van der Waals surface area (Å²) in [5.41, 5.74) is -2.55. The lowest BCUT2D eigenvalue weighted by atomic mass is 10.0. The van der Waals surface area contributed by atoms with Crippen molar-refractivity contribution in [2.75, 3.05) is 6.54 Å². The van der Waals surface area contributed by atoms with Crippen LogP contribution in [-0.2, 0) is 29.1 Å². The summed E-state index contributed by atoms with van der Waals surface area (Å²) in [4.78, 5) is 53.7. The molecule has 4 N–H and O–H groups in total. The largest absolute Gasteiger partial charge is 0.444 e. The van der Waals surface area contributed by atoms with Crippen LogP contribution in [0.25, 0.3) is 0 Å². The van der Waals surface area contributed by atoms with Gasteiger partial charge < -0.3 is 25.4 Å². The fourth-order valence-corrected chi connectivity index (χ4v) is 6.58. The number of allylic oxidation sites excluding steroid dienone is 1. The Morgan fingerprint density at radius 2 is 1.80 bits per heavy atom. The van der Waals surface area contributed by atoms with Crippen LogP contribution in [0.15, 0.2) is 35.2 Å². The lowest BCUT2D eigenvalue weighted by molar-refractivity contribution is -0.141. The Bertz CT molecular complexity index is 1430. The SMILES string of the molecule is CC(C)(C)OC(=O)N[C@H]1CCCCC/C=C\[C@@H]2C[C@@]2(C(=O)NS(=O)(=O)c2cc(F)cc(F)c2)NC(=O)[C@@H]2C[C@@H](O)CN2C1=O. The number of sulfonamides is 1. The van der Waals surface area contributed by atoms with Gasteiger partial charge in [-0.25, -0.2) is 26.7 Å². The van der Waals surface area contributed by atoms with Crippen LogP contribution in [0.3, 0.4) is 0 Å². The second kappa shape index (κ2) is 12.8. The molecule has 1 saturated heterocycles. The monoisotopic (exact) mass is 640 g/mol. The van der Waals surface area contributed by atoms with E-state index in [1.54, 1.807) is 26.8 Å². The maximum atomic E-state index is 13.7. The van der Waals surface area contributed by atoms with Gasteiger partial charge in [0.1, 0.15) is 34.9 Å². The fraction of sp³-hybridized carbons (Fsp3) is 0.586. The maximum absolute atomic E-state index is 13.7. The highest BCUT2D eigenvalue weighted by Crippen LogP contribution is 2.46. The van der Waals surface area contributed by atoms with E-state index in [1.165, 1.54) is 0 Å². The molecule has 0 bridgehead atoms. The Kier molecular flexibility index (Phi) is 9.69. The summed E-state index contributed by atoms with van der Waals surface area (Å²) in [5, 5.41) is 15.6. The molecule has 44 heavy (non-hydrogen) atoms. The minimum Gasteiger partial charge on any atom is -0.444 e. The molecule has 3 aliphatic rings. The third-order valence-electron chi connectivity index (χ3n) is 7.73. The number of aliphatic hydroxyl groups is 1. The molecule has 1 aliphatic carbocycles. The molecule has 12 nitrogen and oxygen atoms in total. The molecule has 4 amide bonds. The minimum atomic E-state index is -4.73. The summed E-state index contributed by atoms with van der Waals surface area (Å²) in [5.74, 6) is -5.45. The molecule has 0 unspecified atom stereocenters. The summed E-state index contributed by atoms with van der Waals surface area (Å²) in [6, 6.07) is -0.678. The van der Waals surface area contributed by atoms with Crippen LogP contribution in [0.5, 0.6) is 0 Å². The molecule has 2 fully saturated rings. The third kappa shape index (κ3) is 7.92. The van der Waals surface area contributed by atoms with Gasteiger partial charge in [-0.15, -0.1) is 0 Å². The maximum Gasteiger partial charge on any atom is 0.408 e. The van der Waals surface area contributed by atoms with Crippen molar-refractivity contribution in [1.82, 2.24) is 20.3 Å². The van der Waals surface area contributed by atoms with Crippen LogP contribution in [0, 0.1) is 17.6 Å². The van der Waals surface area contributed by atoms with E-state index in [4.69, 9.17) is 4.74 Å². The highest BCUT2D eigenvalue weighted by atomic mass is 32.2. The summed E-state index contributed by atoms with van der Waals surface area (Å²) in [6.45, 7) is 4.82. The first kappa shape index (κ1) is 33.3. The second-order valence-corrected chi connectivity index (χ2v) is 14.2. The molecule has 1 aromatic rings. The number of carbonyl (C=O) groups is 4. The number of fused-ring (bicyclic) bond motifs is 2. The van der Waals surface area contributed by atoms with Crippen LogP contribution in [0.1, 0.15) is 65.7 Å². The molecule has 242 valence electrons. The first-order chi connectivity index (χ1) is 20.5. The Labute approximate surface area is 254 Å². The van der Waals surface area contributed by atoms with Crippen molar-refractivity contribution < 1.29 is 46.2 Å². The van der Waals surface area contributed by atoms with Gasteiger partial charge in [0, 0.05) is 24.9 Å². The summed E-state index contributed by atoms with van der Waals surface area (Å²) < 4.78 is 60.4. The van der Waals surface area contributed by atoms with Crippen LogP contribution in [0.2, 0.25) is 0 Å². The number of halogens is 2. The zero-order valence-corrected chi connectivity index (χ0v) is 25.6. The molecular weight excluding hydrogens is 602 g/mol. The van der Waals surface area contributed by atoms with Gasteiger partial charge in [0.2, 0.25) is 11.8 Å². The van der Waals surface area contributed by atoms with Gasteiger partial charge in [-0.1, -0.05) is 25.0 Å². The van der Waals surface area contributed by atoms with Crippen LogP contribution >= 0.6 is 0 Å². The van der Waals surface area contributed by atoms with Crippen molar-refractivity contribution in [2.45, 2.75) is 99.9 Å². The number of ether oxygens (including phenoxy) is 1. The number of alkyl carbamates (subject to hydrolysis) is 1. The van der Waals surface area contributed by atoms with Crippen LogP contribution in [0.4, 0.5) is 13.6 Å². The molecule has 1 saturated carbocycles. The van der Waals surface area contributed by atoms with Crippen molar-refractivity contribution in [3.8, 4) is 0 Å². The Morgan fingerprint density at radius 1 is 1.11 bits per heavy atom. The highest BCUT2D eigenvalue weighted by molar-refractivity contribution is 7.90. The lowest BCUT2D eigenvalue weighted by Crippen LogP contribution is -2.58. The van der Waals surface area contributed by atoms with Gasteiger partial charge in [0.25, 0.3) is 15.9 Å². The number of amides is 4. The average Bonchev–Trinajstić information content (AvgIpc) is 3.45. The summed E-state index contributed by atoms with van der Waals surface area (Å²) in [7, 11) is -4.73. The molecule has 15 heteroatoms. The van der Waals surface area contributed by atoms with Gasteiger partial charge in [-0.2, -0.15) is 0 Å². The number of benzene rings is 1. The van der Waals surface area contributed by atoms with E-state index in [2.05, 4.69) is 10.6 Å². The molecule has 0 aromatic heterocycles. The molecule has 0 radical (unpaired) electrons. The smallest absolute Gasteiger partial charge is 0.408 e.